The van der Waals surface area contributed by atoms with Crippen LogP contribution in [-0.4, -0.2) is 70.2 Å². The Balaban J connectivity index is 1.53. The fraction of sp³-hybridized carbons (Fsp3) is 0.381. The van der Waals surface area contributed by atoms with Crippen LogP contribution in [0, 0.1) is 0 Å². The van der Waals surface area contributed by atoms with Crippen LogP contribution in [0.15, 0.2) is 54.6 Å². The van der Waals surface area contributed by atoms with Crippen LogP contribution in [0.2, 0.25) is 0 Å². The molecule has 0 aromatic heterocycles. The van der Waals surface area contributed by atoms with Crippen molar-refractivity contribution in [3.8, 4) is 5.75 Å². The number of carbonyl (C=O) groups is 1. The molecule has 1 heterocycles. The van der Waals surface area contributed by atoms with Gasteiger partial charge in [-0.25, -0.2) is 0 Å². The monoisotopic (exact) mass is 403 g/mol. The summed E-state index contributed by atoms with van der Waals surface area (Å²) in [6, 6.07) is 16.0. The van der Waals surface area contributed by atoms with Gasteiger partial charge in [0.25, 0.3) is 5.91 Å². The maximum atomic E-state index is 12.2. The summed E-state index contributed by atoms with van der Waals surface area (Å²) in [5.74, 6) is 0.0792. The first-order valence-electron chi connectivity index (χ1n) is 9.39. The van der Waals surface area contributed by atoms with E-state index in [0.717, 1.165) is 12.0 Å². The summed E-state index contributed by atoms with van der Waals surface area (Å²) >= 11 is 0. The van der Waals surface area contributed by atoms with Crippen LogP contribution in [0.5, 0.6) is 5.75 Å². The summed E-state index contributed by atoms with van der Waals surface area (Å²) in [6.07, 6.45) is -6.04. The van der Waals surface area contributed by atoms with Gasteiger partial charge in [-0.3, -0.25) is 4.79 Å². The summed E-state index contributed by atoms with van der Waals surface area (Å²) in [4.78, 5) is 12.2. The Bertz CT molecular complexity index is 781. The number of rotatable bonds is 7. The highest BCUT2D eigenvalue weighted by molar-refractivity contribution is 5.94. The average molecular weight is 403 g/mol. The van der Waals surface area contributed by atoms with Crippen LogP contribution in [0.3, 0.4) is 0 Å². The average Bonchev–Trinajstić information content (AvgIpc) is 2.75. The first kappa shape index (κ1) is 21.2. The molecule has 156 valence electrons. The topological polar surface area (TPSA) is 128 Å². The van der Waals surface area contributed by atoms with E-state index in [0.29, 0.717) is 17.9 Å². The number of aliphatic hydroxyl groups is 4. The molecule has 0 radical (unpaired) electrons. The van der Waals surface area contributed by atoms with Crippen molar-refractivity contribution < 1.29 is 34.7 Å². The predicted octanol–water partition coefficient (Wildman–Crippen LogP) is -0.162. The summed E-state index contributed by atoms with van der Waals surface area (Å²) in [6.45, 7) is -0.0289. The molecule has 2 aromatic carbocycles. The molecule has 0 spiro atoms. The number of aliphatic hydroxyl groups excluding tert-OH is 4. The SMILES string of the molecule is O=C(NCCc1ccccc1)c1ccc(O[C@@H]2OC(CO)C(O)C(O)C2O)cc1. The number of nitrogens with one attached hydrogen (secondary N) is 1. The molecule has 4 unspecified atom stereocenters. The summed E-state index contributed by atoms with van der Waals surface area (Å²) < 4.78 is 10.8. The molecule has 29 heavy (non-hydrogen) atoms. The number of amides is 1. The van der Waals surface area contributed by atoms with Crippen molar-refractivity contribution in [2.45, 2.75) is 37.1 Å². The second-order valence-corrected chi connectivity index (χ2v) is 6.83. The van der Waals surface area contributed by atoms with Gasteiger partial charge in [-0.05, 0) is 36.2 Å². The van der Waals surface area contributed by atoms with E-state index in [4.69, 9.17) is 9.47 Å². The number of hydrogen-bond acceptors (Lipinski definition) is 7. The Morgan fingerprint density at radius 1 is 0.966 bits per heavy atom. The third-order valence-electron chi connectivity index (χ3n) is 4.76. The molecule has 1 fully saturated rings. The Morgan fingerprint density at radius 3 is 2.31 bits per heavy atom. The largest absolute Gasteiger partial charge is 0.462 e. The minimum absolute atomic E-state index is 0.222. The number of hydrogen-bond donors (Lipinski definition) is 5. The molecule has 1 aliphatic rings. The highest BCUT2D eigenvalue weighted by atomic mass is 16.7. The molecule has 1 aliphatic heterocycles. The van der Waals surface area contributed by atoms with Gasteiger partial charge in [-0.15, -0.1) is 0 Å². The van der Waals surface area contributed by atoms with Crippen LogP contribution in [0.4, 0.5) is 0 Å². The molecule has 0 aliphatic carbocycles. The first-order chi connectivity index (χ1) is 14.0. The molecule has 5 atom stereocenters. The zero-order valence-electron chi connectivity index (χ0n) is 15.7. The van der Waals surface area contributed by atoms with E-state index in [1.807, 2.05) is 30.3 Å². The van der Waals surface area contributed by atoms with E-state index in [2.05, 4.69) is 5.32 Å². The summed E-state index contributed by atoms with van der Waals surface area (Å²) in [5, 5.41) is 41.7. The Labute approximate surface area is 168 Å². The third kappa shape index (κ3) is 5.31. The number of ether oxygens (including phenoxy) is 2. The maximum absolute atomic E-state index is 12.2. The highest BCUT2D eigenvalue weighted by Crippen LogP contribution is 2.24. The summed E-state index contributed by atoms with van der Waals surface area (Å²) in [7, 11) is 0. The fourth-order valence-corrected chi connectivity index (χ4v) is 3.05. The lowest BCUT2D eigenvalue weighted by Crippen LogP contribution is -2.60. The minimum Gasteiger partial charge on any atom is -0.462 e. The van der Waals surface area contributed by atoms with Crippen LogP contribution in [0.1, 0.15) is 15.9 Å². The van der Waals surface area contributed by atoms with E-state index in [1.165, 1.54) is 12.1 Å². The zero-order chi connectivity index (χ0) is 20.8. The second kappa shape index (κ2) is 9.82. The van der Waals surface area contributed by atoms with Crippen molar-refractivity contribution in [1.29, 1.82) is 0 Å². The van der Waals surface area contributed by atoms with Crippen molar-refractivity contribution >= 4 is 5.91 Å². The van der Waals surface area contributed by atoms with E-state index < -0.39 is 37.3 Å². The van der Waals surface area contributed by atoms with Crippen molar-refractivity contribution in [2.24, 2.45) is 0 Å². The molecule has 8 heteroatoms. The normalized spacial score (nSPS) is 26.7. The van der Waals surface area contributed by atoms with Crippen LogP contribution in [0.25, 0.3) is 0 Å². The molecule has 0 saturated carbocycles. The quantitative estimate of drug-likeness (QED) is 0.434. The standard InChI is InChI=1S/C21H25NO7/c23-12-16-17(24)18(25)19(26)21(29-16)28-15-8-6-14(7-9-15)20(27)22-11-10-13-4-2-1-3-5-13/h1-9,16-19,21,23-26H,10-12H2,(H,22,27)/t16?,17?,18?,19?,21-/m1/s1. The summed E-state index contributed by atoms with van der Waals surface area (Å²) in [5.41, 5.74) is 1.58. The van der Waals surface area contributed by atoms with Crippen molar-refractivity contribution in [3.05, 3.63) is 65.7 Å². The van der Waals surface area contributed by atoms with Crippen LogP contribution >= 0.6 is 0 Å². The Hall–Kier alpha value is -2.49. The molecule has 3 rings (SSSR count). The van der Waals surface area contributed by atoms with Crippen LogP contribution in [-0.2, 0) is 11.2 Å². The molecule has 0 bridgehead atoms. The van der Waals surface area contributed by atoms with Crippen molar-refractivity contribution in [3.63, 3.8) is 0 Å². The van der Waals surface area contributed by atoms with Gasteiger partial charge in [0.1, 0.15) is 30.2 Å². The van der Waals surface area contributed by atoms with E-state index in [-0.39, 0.29) is 5.91 Å². The van der Waals surface area contributed by atoms with Gasteiger partial charge >= 0.3 is 0 Å². The number of carbonyl (C=O) groups excluding carboxylic acids is 1. The molecule has 5 N–H and O–H groups in total. The second-order valence-electron chi connectivity index (χ2n) is 6.83. The maximum Gasteiger partial charge on any atom is 0.251 e. The molecular formula is C21H25NO7. The van der Waals surface area contributed by atoms with E-state index in [9.17, 15) is 25.2 Å². The Morgan fingerprint density at radius 2 is 1.66 bits per heavy atom. The lowest BCUT2D eigenvalue weighted by atomic mass is 9.99. The van der Waals surface area contributed by atoms with E-state index >= 15 is 0 Å². The van der Waals surface area contributed by atoms with Crippen molar-refractivity contribution in [1.82, 2.24) is 5.32 Å². The smallest absolute Gasteiger partial charge is 0.251 e. The first-order valence-corrected chi connectivity index (χ1v) is 9.39. The van der Waals surface area contributed by atoms with Gasteiger partial charge in [-0.1, -0.05) is 30.3 Å². The lowest BCUT2D eigenvalue weighted by Gasteiger charge is -2.39. The van der Waals surface area contributed by atoms with Gasteiger partial charge in [0.15, 0.2) is 0 Å². The highest BCUT2D eigenvalue weighted by Gasteiger charge is 2.44. The molecule has 8 nitrogen and oxygen atoms in total. The molecular weight excluding hydrogens is 378 g/mol. The third-order valence-corrected chi connectivity index (χ3v) is 4.76. The zero-order valence-corrected chi connectivity index (χ0v) is 15.7. The van der Waals surface area contributed by atoms with E-state index in [1.54, 1.807) is 12.1 Å². The minimum atomic E-state index is -1.51. The fourth-order valence-electron chi connectivity index (χ4n) is 3.05. The van der Waals surface area contributed by atoms with Gasteiger partial charge < -0.3 is 35.2 Å². The molecule has 1 saturated heterocycles. The Kier molecular flexibility index (Phi) is 7.18. The molecule has 2 aromatic rings. The van der Waals surface area contributed by atoms with Crippen LogP contribution < -0.4 is 10.1 Å². The molecule has 1 amide bonds. The predicted molar refractivity (Wildman–Crippen MR) is 103 cm³/mol. The van der Waals surface area contributed by atoms with Gasteiger partial charge in [0.05, 0.1) is 6.61 Å². The van der Waals surface area contributed by atoms with Gasteiger partial charge in [0, 0.05) is 12.1 Å². The van der Waals surface area contributed by atoms with Crippen molar-refractivity contribution in [2.75, 3.05) is 13.2 Å². The number of benzene rings is 2. The van der Waals surface area contributed by atoms with Gasteiger partial charge in [0.2, 0.25) is 6.29 Å². The van der Waals surface area contributed by atoms with Gasteiger partial charge in [-0.2, -0.15) is 0 Å². The lowest BCUT2D eigenvalue weighted by molar-refractivity contribution is -0.277.